The number of rotatable bonds is 7. The third-order valence-corrected chi connectivity index (χ3v) is 2.93. The number of thiocarbonyl (C=S) groups is 1. The Morgan fingerprint density at radius 2 is 1.90 bits per heavy atom. The number of benzene rings is 1. The van der Waals surface area contributed by atoms with Crippen molar-refractivity contribution in [2.75, 3.05) is 39.0 Å². The molecule has 0 aliphatic carbocycles. The van der Waals surface area contributed by atoms with E-state index in [2.05, 4.69) is 35.6 Å². The van der Waals surface area contributed by atoms with E-state index in [9.17, 15) is 4.79 Å². The summed E-state index contributed by atoms with van der Waals surface area (Å²) in [5, 5.41) is 6.48. The zero-order valence-electron chi connectivity index (χ0n) is 12.5. The van der Waals surface area contributed by atoms with Gasteiger partial charge in [-0.15, -0.1) is 0 Å². The molecule has 1 amide bonds. The summed E-state index contributed by atoms with van der Waals surface area (Å²) in [6, 6.07) is 9.55. The second kappa shape index (κ2) is 9.95. The quantitative estimate of drug-likeness (QED) is 0.257. The van der Waals surface area contributed by atoms with Gasteiger partial charge in [-0.05, 0) is 24.4 Å². The van der Waals surface area contributed by atoms with Gasteiger partial charge < -0.3 is 15.5 Å². The van der Waals surface area contributed by atoms with Crippen molar-refractivity contribution in [2.45, 2.75) is 6.42 Å². The normalized spacial score (nSPS) is 10.0. The lowest BCUT2D eigenvalue weighted by Crippen LogP contribution is -3.05. The first-order chi connectivity index (χ1) is 10.1. The second-order valence-corrected chi connectivity index (χ2v) is 5.37. The Morgan fingerprint density at radius 1 is 1.19 bits per heavy atom. The van der Waals surface area contributed by atoms with Gasteiger partial charge in [0.15, 0.2) is 5.11 Å². The van der Waals surface area contributed by atoms with Gasteiger partial charge in [-0.2, -0.15) is 0 Å². The Kier molecular flexibility index (Phi) is 8.15. The van der Waals surface area contributed by atoms with Crippen LogP contribution in [0.15, 0.2) is 30.3 Å². The van der Waals surface area contributed by atoms with Crippen LogP contribution in [0.2, 0.25) is 0 Å². The molecule has 0 atom stereocenters. The molecule has 0 aliphatic heterocycles. The lowest BCUT2D eigenvalue weighted by Gasteiger charge is -2.12. The highest BCUT2D eigenvalue weighted by molar-refractivity contribution is 7.80. The predicted octanol–water partition coefficient (Wildman–Crippen LogP) is -0.872. The molecule has 0 aliphatic rings. The highest BCUT2D eigenvalue weighted by atomic mass is 32.1. The fourth-order valence-electron chi connectivity index (χ4n) is 1.60. The second-order valence-electron chi connectivity index (χ2n) is 4.96. The van der Waals surface area contributed by atoms with Gasteiger partial charge in [-0.25, -0.2) is 0 Å². The lowest BCUT2D eigenvalue weighted by molar-refractivity contribution is -0.858. The van der Waals surface area contributed by atoms with Crippen LogP contribution in [0.3, 0.4) is 0 Å². The van der Waals surface area contributed by atoms with Crippen molar-refractivity contribution >= 4 is 28.9 Å². The van der Waals surface area contributed by atoms with Crippen molar-refractivity contribution in [1.82, 2.24) is 16.2 Å². The van der Waals surface area contributed by atoms with Gasteiger partial charge in [-0.3, -0.25) is 15.6 Å². The van der Waals surface area contributed by atoms with Crippen LogP contribution in [0.25, 0.3) is 0 Å². The maximum absolute atomic E-state index is 11.6. The molecule has 1 aromatic carbocycles. The van der Waals surface area contributed by atoms with Crippen LogP contribution in [0, 0.1) is 0 Å². The SMILES string of the molecule is C[NH+](C)CCCNC(=S)NNC(=O)CNc1ccccc1. The molecule has 21 heavy (non-hydrogen) atoms. The third-order valence-electron chi connectivity index (χ3n) is 2.68. The van der Waals surface area contributed by atoms with Gasteiger partial charge in [0.05, 0.1) is 27.2 Å². The van der Waals surface area contributed by atoms with Crippen molar-refractivity contribution in [1.29, 1.82) is 0 Å². The Morgan fingerprint density at radius 3 is 2.57 bits per heavy atom. The average molecular weight is 310 g/mol. The largest absolute Gasteiger partial charge is 0.376 e. The van der Waals surface area contributed by atoms with E-state index in [4.69, 9.17) is 12.2 Å². The van der Waals surface area contributed by atoms with Crippen LogP contribution in [-0.2, 0) is 4.79 Å². The molecule has 6 nitrogen and oxygen atoms in total. The van der Waals surface area contributed by atoms with E-state index >= 15 is 0 Å². The highest BCUT2D eigenvalue weighted by Crippen LogP contribution is 2.03. The zero-order valence-corrected chi connectivity index (χ0v) is 13.3. The predicted molar refractivity (Wildman–Crippen MR) is 89.1 cm³/mol. The van der Waals surface area contributed by atoms with E-state index in [-0.39, 0.29) is 12.5 Å². The smallest absolute Gasteiger partial charge is 0.257 e. The van der Waals surface area contributed by atoms with Crippen molar-refractivity contribution in [3.63, 3.8) is 0 Å². The van der Waals surface area contributed by atoms with E-state index in [1.54, 1.807) is 0 Å². The van der Waals surface area contributed by atoms with Gasteiger partial charge in [0.2, 0.25) is 0 Å². The summed E-state index contributed by atoms with van der Waals surface area (Å²) in [5.74, 6) is -0.180. The van der Waals surface area contributed by atoms with E-state index in [0.29, 0.717) is 5.11 Å². The molecule has 0 bridgehead atoms. The molecule has 0 fully saturated rings. The van der Waals surface area contributed by atoms with E-state index in [0.717, 1.165) is 25.2 Å². The number of para-hydroxylation sites is 1. The Bertz CT molecular complexity index is 438. The number of hydrogen-bond acceptors (Lipinski definition) is 3. The highest BCUT2D eigenvalue weighted by Gasteiger charge is 2.02. The van der Waals surface area contributed by atoms with Gasteiger partial charge in [0, 0.05) is 18.7 Å². The third kappa shape index (κ3) is 8.83. The molecule has 0 spiro atoms. The van der Waals surface area contributed by atoms with Crippen molar-refractivity contribution in [3.8, 4) is 0 Å². The van der Waals surface area contributed by atoms with Crippen LogP contribution in [0.5, 0.6) is 0 Å². The van der Waals surface area contributed by atoms with Gasteiger partial charge in [-0.1, -0.05) is 18.2 Å². The van der Waals surface area contributed by atoms with Crippen LogP contribution in [0.1, 0.15) is 6.42 Å². The number of carbonyl (C=O) groups excluding carboxylic acids is 1. The van der Waals surface area contributed by atoms with E-state index in [1.807, 2.05) is 30.3 Å². The lowest BCUT2D eigenvalue weighted by atomic mass is 10.3. The maximum atomic E-state index is 11.6. The molecule has 1 aromatic rings. The van der Waals surface area contributed by atoms with Crippen molar-refractivity contribution in [2.24, 2.45) is 0 Å². The number of anilines is 1. The molecule has 7 heteroatoms. The summed E-state index contributed by atoms with van der Waals surface area (Å²) in [5.41, 5.74) is 6.13. The summed E-state index contributed by atoms with van der Waals surface area (Å²) >= 11 is 5.06. The molecule has 1 rings (SSSR count). The fourth-order valence-corrected chi connectivity index (χ4v) is 1.75. The summed E-state index contributed by atoms with van der Waals surface area (Å²) in [6.45, 7) is 2.04. The molecular weight excluding hydrogens is 286 g/mol. The molecule has 0 saturated heterocycles. The Hall–Kier alpha value is -1.86. The first kappa shape index (κ1) is 17.2. The molecule has 0 unspecified atom stereocenters. The minimum Gasteiger partial charge on any atom is -0.376 e. The molecule has 5 N–H and O–H groups in total. The molecule has 0 radical (unpaired) electrons. The molecular formula is C14H24N5OS+. The standard InChI is InChI=1S/C14H23N5OS/c1-19(2)10-6-9-15-14(21)18-17-13(20)11-16-12-7-4-3-5-8-12/h3-5,7-8,16H,6,9-11H2,1-2H3,(H,17,20)(H2,15,18,21)/p+1. The minimum absolute atomic E-state index is 0.180. The molecule has 0 saturated carbocycles. The van der Waals surface area contributed by atoms with Crippen LogP contribution in [0.4, 0.5) is 5.69 Å². The summed E-state index contributed by atoms with van der Waals surface area (Å²) < 4.78 is 0. The number of hydrazine groups is 1. The van der Waals surface area contributed by atoms with Crippen LogP contribution >= 0.6 is 12.2 Å². The van der Waals surface area contributed by atoms with Gasteiger partial charge in [0.1, 0.15) is 0 Å². The van der Waals surface area contributed by atoms with Crippen LogP contribution in [-0.4, -0.2) is 44.7 Å². The Balaban J connectivity index is 2.08. The summed E-state index contributed by atoms with van der Waals surface area (Å²) in [4.78, 5) is 13.0. The van der Waals surface area contributed by atoms with Crippen molar-refractivity contribution < 1.29 is 9.69 Å². The average Bonchev–Trinajstić information content (AvgIpc) is 2.48. The maximum Gasteiger partial charge on any atom is 0.257 e. The number of nitrogens with one attached hydrogen (secondary N) is 5. The van der Waals surface area contributed by atoms with E-state index < -0.39 is 0 Å². The number of quaternary nitrogens is 1. The summed E-state index contributed by atoms with van der Waals surface area (Å²) in [6.07, 6.45) is 1.02. The first-order valence-corrected chi connectivity index (χ1v) is 7.39. The Labute approximate surface area is 131 Å². The van der Waals surface area contributed by atoms with E-state index in [1.165, 1.54) is 4.90 Å². The van der Waals surface area contributed by atoms with Gasteiger partial charge >= 0.3 is 0 Å². The molecule has 0 aromatic heterocycles. The topological polar surface area (TPSA) is 69.6 Å². The summed E-state index contributed by atoms with van der Waals surface area (Å²) in [7, 11) is 4.22. The fraction of sp³-hybridized carbons (Fsp3) is 0.429. The van der Waals surface area contributed by atoms with Crippen molar-refractivity contribution in [3.05, 3.63) is 30.3 Å². The number of hydrogen-bond donors (Lipinski definition) is 5. The zero-order chi connectivity index (χ0) is 15.5. The minimum atomic E-state index is -0.180. The monoisotopic (exact) mass is 310 g/mol. The number of carbonyl (C=O) groups is 1. The molecule has 116 valence electrons. The van der Waals surface area contributed by atoms with Gasteiger partial charge in [0.25, 0.3) is 5.91 Å². The van der Waals surface area contributed by atoms with Crippen LogP contribution < -0.4 is 26.4 Å². The molecule has 0 heterocycles. The number of amides is 1. The first-order valence-electron chi connectivity index (χ1n) is 6.98.